The van der Waals surface area contributed by atoms with Gasteiger partial charge in [-0.15, -0.1) is 0 Å². The number of carbonyl (C=O) groups excluding carboxylic acids is 1. The minimum Gasteiger partial charge on any atom is -0.381 e. The zero-order chi connectivity index (χ0) is 20.1. The summed E-state index contributed by atoms with van der Waals surface area (Å²) >= 11 is 0. The van der Waals surface area contributed by atoms with Gasteiger partial charge >= 0.3 is 0 Å². The number of nitrogens with one attached hydrogen (secondary N) is 1. The van der Waals surface area contributed by atoms with E-state index in [0.717, 1.165) is 16.7 Å². The van der Waals surface area contributed by atoms with Crippen LogP contribution in [0.25, 0.3) is 0 Å². The molecule has 5 nitrogen and oxygen atoms in total. The highest BCUT2D eigenvalue weighted by Gasteiger charge is 2.41. The number of imidazole rings is 1. The van der Waals surface area contributed by atoms with Crippen molar-refractivity contribution in [1.29, 1.82) is 0 Å². The maximum atomic E-state index is 13.4. The Morgan fingerprint density at radius 1 is 1.10 bits per heavy atom. The molecule has 2 aromatic carbocycles. The predicted molar refractivity (Wildman–Crippen MR) is 108 cm³/mol. The predicted octanol–water partition coefficient (Wildman–Crippen LogP) is 3.44. The lowest BCUT2D eigenvalue weighted by atomic mass is 9.73. The fourth-order valence-corrected chi connectivity index (χ4v) is 3.94. The topological polar surface area (TPSA) is 56.2 Å². The summed E-state index contributed by atoms with van der Waals surface area (Å²) in [4.78, 5) is 17.4. The van der Waals surface area contributed by atoms with Gasteiger partial charge in [0.15, 0.2) is 0 Å². The molecule has 1 fully saturated rings. The highest BCUT2D eigenvalue weighted by Crippen LogP contribution is 2.35. The van der Waals surface area contributed by atoms with E-state index in [1.165, 1.54) is 12.1 Å². The molecule has 1 aliphatic heterocycles. The van der Waals surface area contributed by atoms with Crippen LogP contribution in [-0.4, -0.2) is 28.7 Å². The summed E-state index contributed by atoms with van der Waals surface area (Å²) in [6.45, 7) is 2.17. The number of aromatic nitrogens is 2. The molecule has 0 spiro atoms. The van der Waals surface area contributed by atoms with Gasteiger partial charge in [-0.25, -0.2) is 9.37 Å². The molecule has 0 saturated carbocycles. The minimum absolute atomic E-state index is 0.0372. The highest BCUT2D eigenvalue weighted by atomic mass is 19.1. The summed E-state index contributed by atoms with van der Waals surface area (Å²) < 4.78 is 20.9. The second-order valence-corrected chi connectivity index (χ2v) is 7.39. The number of carbonyl (C=O) groups is 1. The minimum atomic E-state index is -0.689. The largest absolute Gasteiger partial charge is 0.381 e. The molecule has 1 N–H and O–H groups in total. The Bertz CT molecular complexity index is 949. The van der Waals surface area contributed by atoms with E-state index in [1.807, 2.05) is 29.0 Å². The quantitative estimate of drug-likeness (QED) is 0.698. The van der Waals surface area contributed by atoms with Crippen LogP contribution in [0.2, 0.25) is 0 Å². The van der Waals surface area contributed by atoms with E-state index in [-0.39, 0.29) is 11.7 Å². The average Bonchev–Trinajstić information content (AvgIpc) is 3.27. The van der Waals surface area contributed by atoms with Crippen LogP contribution in [0, 0.1) is 5.82 Å². The van der Waals surface area contributed by atoms with Gasteiger partial charge in [-0.1, -0.05) is 36.4 Å². The van der Waals surface area contributed by atoms with E-state index in [0.29, 0.717) is 39.1 Å². The Balaban J connectivity index is 1.53. The maximum Gasteiger partial charge on any atom is 0.231 e. The zero-order valence-corrected chi connectivity index (χ0v) is 16.2. The van der Waals surface area contributed by atoms with Crippen molar-refractivity contribution >= 4 is 5.91 Å². The van der Waals surface area contributed by atoms with Crippen LogP contribution in [0.4, 0.5) is 4.39 Å². The molecule has 6 heteroatoms. The van der Waals surface area contributed by atoms with Crippen molar-refractivity contribution in [3.63, 3.8) is 0 Å². The van der Waals surface area contributed by atoms with Gasteiger partial charge in [0.2, 0.25) is 5.91 Å². The van der Waals surface area contributed by atoms with Gasteiger partial charge in [-0.2, -0.15) is 0 Å². The summed E-state index contributed by atoms with van der Waals surface area (Å²) in [6.07, 6.45) is 6.62. The van der Waals surface area contributed by atoms with Gasteiger partial charge in [0, 0.05) is 38.7 Å². The van der Waals surface area contributed by atoms with Crippen LogP contribution < -0.4 is 5.32 Å². The fraction of sp³-hybridized carbons (Fsp3) is 0.304. The lowest BCUT2D eigenvalue weighted by molar-refractivity contribution is -0.130. The second kappa shape index (κ2) is 8.57. The number of rotatable bonds is 6. The second-order valence-electron chi connectivity index (χ2n) is 7.39. The van der Waals surface area contributed by atoms with Crippen molar-refractivity contribution in [1.82, 2.24) is 14.9 Å². The molecule has 2 heterocycles. The summed E-state index contributed by atoms with van der Waals surface area (Å²) in [7, 11) is 0. The van der Waals surface area contributed by atoms with Crippen molar-refractivity contribution < 1.29 is 13.9 Å². The summed E-state index contributed by atoms with van der Waals surface area (Å²) in [5.41, 5.74) is 2.35. The Morgan fingerprint density at radius 2 is 1.83 bits per heavy atom. The molecule has 0 bridgehead atoms. The van der Waals surface area contributed by atoms with Crippen LogP contribution in [-0.2, 0) is 28.0 Å². The molecule has 1 aliphatic rings. The molecular formula is C23H24FN3O2. The van der Waals surface area contributed by atoms with Gasteiger partial charge in [-0.05, 0) is 41.7 Å². The number of benzene rings is 2. The Kier molecular flexibility index (Phi) is 5.71. The number of amides is 1. The number of ether oxygens (including phenoxy) is 1. The normalized spacial score (nSPS) is 15.8. The number of halogens is 1. The van der Waals surface area contributed by atoms with Gasteiger partial charge in [0.1, 0.15) is 5.82 Å². The maximum absolute atomic E-state index is 13.4. The first kappa shape index (κ1) is 19.3. The van der Waals surface area contributed by atoms with Crippen LogP contribution in [0.15, 0.2) is 67.3 Å². The lowest BCUT2D eigenvalue weighted by Gasteiger charge is -2.36. The molecule has 29 heavy (non-hydrogen) atoms. The van der Waals surface area contributed by atoms with E-state index >= 15 is 0 Å². The zero-order valence-electron chi connectivity index (χ0n) is 16.2. The molecule has 0 radical (unpaired) electrons. The molecule has 150 valence electrons. The van der Waals surface area contributed by atoms with Crippen LogP contribution >= 0.6 is 0 Å². The third-order valence-electron chi connectivity index (χ3n) is 5.65. The summed E-state index contributed by atoms with van der Waals surface area (Å²) in [5, 5.41) is 3.13. The Morgan fingerprint density at radius 3 is 2.52 bits per heavy atom. The smallest absolute Gasteiger partial charge is 0.231 e. The SMILES string of the molecule is O=C(NCc1ccccc1Cn1ccnc1)C1(c2ccc(F)cc2)CCOCC1. The third-order valence-corrected chi connectivity index (χ3v) is 5.65. The first-order valence-electron chi connectivity index (χ1n) is 9.82. The van der Waals surface area contributed by atoms with E-state index in [4.69, 9.17) is 4.74 Å². The molecule has 4 rings (SSSR count). The van der Waals surface area contributed by atoms with Crippen molar-refractivity contribution in [3.8, 4) is 0 Å². The molecule has 1 aromatic heterocycles. The number of nitrogens with zero attached hydrogens (tertiary/aromatic N) is 2. The van der Waals surface area contributed by atoms with Crippen LogP contribution in [0.5, 0.6) is 0 Å². The molecule has 0 unspecified atom stereocenters. The molecule has 0 aliphatic carbocycles. The third kappa shape index (κ3) is 4.22. The number of hydrogen-bond donors (Lipinski definition) is 1. The monoisotopic (exact) mass is 393 g/mol. The van der Waals surface area contributed by atoms with E-state index < -0.39 is 5.41 Å². The molecule has 0 atom stereocenters. The fourth-order valence-electron chi connectivity index (χ4n) is 3.94. The van der Waals surface area contributed by atoms with Gasteiger partial charge in [0.25, 0.3) is 0 Å². The van der Waals surface area contributed by atoms with Gasteiger partial charge in [0.05, 0.1) is 11.7 Å². The van der Waals surface area contributed by atoms with Crippen LogP contribution in [0.1, 0.15) is 29.5 Å². The van der Waals surface area contributed by atoms with Crippen LogP contribution in [0.3, 0.4) is 0 Å². The lowest BCUT2D eigenvalue weighted by Crippen LogP contribution is -2.47. The van der Waals surface area contributed by atoms with Crippen molar-refractivity contribution in [3.05, 3.63) is 89.8 Å². The van der Waals surface area contributed by atoms with Crippen molar-refractivity contribution in [2.45, 2.75) is 31.3 Å². The molecule has 1 amide bonds. The first-order valence-corrected chi connectivity index (χ1v) is 9.82. The highest BCUT2D eigenvalue weighted by molar-refractivity contribution is 5.88. The standard InChI is InChI=1S/C23H24FN3O2/c24-21-7-5-20(6-8-21)23(9-13-29-14-10-23)22(28)26-15-18-3-1-2-4-19(18)16-27-12-11-25-17-27/h1-8,11-12,17H,9-10,13-16H2,(H,26,28). The molecule has 3 aromatic rings. The summed E-state index contributed by atoms with van der Waals surface area (Å²) in [5.74, 6) is -0.338. The van der Waals surface area contributed by atoms with E-state index in [2.05, 4.69) is 16.4 Å². The van der Waals surface area contributed by atoms with E-state index in [9.17, 15) is 9.18 Å². The molecule has 1 saturated heterocycles. The molecular weight excluding hydrogens is 369 g/mol. The average molecular weight is 393 g/mol. The first-order chi connectivity index (χ1) is 14.2. The summed E-state index contributed by atoms with van der Waals surface area (Å²) in [6, 6.07) is 14.3. The van der Waals surface area contributed by atoms with Gasteiger partial charge < -0.3 is 14.6 Å². The van der Waals surface area contributed by atoms with Crippen molar-refractivity contribution in [2.24, 2.45) is 0 Å². The van der Waals surface area contributed by atoms with E-state index in [1.54, 1.807) is 24.7 Å². The Hall–Kier alpha value is -2.99. The van der Waals surface area contributed by atoms with Gasteiger partial charge in [-0.3, -0.25) is 4.79 Å². The van der Waals surface area contributed by atoms with Crippen molar-refractivity contribution in [2.75, 3.05) is 13.2 Å². The number of hydrogen-bond acceptors (Lipinski definition) is 3. The Labute approximate surface area is 169 Å².